The lowest BCUT2D eigenvalue weighted by molar-refractivity contribution is -0.143. The molecule has 0 spiro atoms. The van der Waals surface area contributed by atoms with Crippen LogP contribution < -0.4 is 5.32 Å². The first-order chi connectivity index (χ1) is 13.3. The molecule has 2 rings (SSSR count). The molecule has 12 heteroatoms. The van der Waals surface area contributed by atoms with E-state index in [2.05, 4.69) is 26.2 Å². The third-order valence-corrected chi connectivity index (χ3v) is 5.48. The number of rotatable bonds is 7. The second kappa shape index (κ2) is 10.4. The summed E-state index contributed by atoms with van der Waals surface area (Å²) in [5.41, 5.74) is 0.168. The Labute approximate surface area is 174 Å². The maximum absolute atomic E-state index is 12.9. The summed E-state index contributed by atoms with van der Waals surface area (Å²) >= 11 is 4.42. The topological polar surface area (TPSA) is 129 Å². The molecule has 1 aliphatic heterocycles. The maximum atomic E-state index is 12.9. The molecule has 0 aromatic carbocycles. The van der Waals surface area contributed by atoms with E-state index in [1.165, 1.54) is 21.1 Å². The van der Waals surface area contributed by atoms with Crippen molar-refractivity contribution in [2.24, 2.45) is 0 Å². The molecule has 1 atom stereocenters. The van der Waals surface area contributed by atoms with Crippen molar-refractivity contribution in [2.45, 2.75) is 25.8 Å². The minimum Gasteiger partial charge on any atom is -0.466 e. The Kier molecular flexibility index (Phi) is 8.18. The molecule has 3 amide bonds. The Morgan fingerprint density at radius 1 is 1.29 bits per heavy atom. The van der Waals surface area contributed by atoms with Crippen LogP contribution >= 0.6 is 27.3 Å². The standard InChI is InChI=1S/C16H21BrN4O6S/c1-2-27-12(22)4-3-10(18-13(23)11-9-28-15(17)19-11)14(24)20-5-7-21(8-6-20)16(25)26/h9-10H,2-8H2,1H3,(H,18,23)(H,25,26)/t10-/m0/s1. The molecule has 2 heterocycles. The van der Waals surface area contributed by atoms with Gasteiger partial charge in [0.2, 0.25) is 5.91 Å². The fourth-order valence-electron chi connectivity index (χ4n) is 2.68. The van der Waals surface area contributed by atoms with Crippen molar-refractivity contribution in [1.82, 2.24) is 20.1 Å². The third-order valence-electron chi connectivity index (χ3n) is 4.12. The molecule has 0 radical (unpaired) electrons. The number of halogens is 1. The first-order valence-electron chi connectivity index (χ1n) is 8.66. The van der Waals surface area contributed by atoms with Gasteiger partial charge >= 0.3 is 12.1 Å². The van der Waals surface area contributed by atoms with Gasteiger partial charge in [-0.3, -0.25) is 14.4 Å². The van der Waals surface area contributed by atoms with Crippen LogP contribution in [0.2, 0.25) is 0 Å². The van der Waals surface area contributed by atoms with Crippen LogP contribution in [0.25, 0.3) is 0 Å². The number of carbonyl (C=O) groups is 4. The van der Waals surface area contributed by atoms with Crippen LogP contribution in [0.15, 0.2) is 9.30 Å². The van der Waals surface area contributed by atoms with Crippen molar-refractivity contribution >= 4 is 51.1 Å². The molecule has 1 aliphatic rings. The average molecular weight is 477 g/mol. The normalized spacial score (nSPS) is 15.1. The van der Waals surface area contributed by atoms with Crippen LogP contribution in [0.1, 0.15) is 30.3 Å². The van der Waals surface area contributed by atoms with Crippen LogP contribution in [0, 0.1) is 0 Å². The molecule has 1 fully saturated rings. The lowest BCUT2D eigenvalue weighted by Crippen LogP contribution is -2.55. The minimum absolute atomic E-state index is 0.0274. The van der Waals surface area contributed by atoms with E-state index in [9.17, 15) is 19.2 Å². The van der Waals surface area contributed by atoms with Gasteiger partial charge in [-0.25, -0.2) is 9.78 Å². The molecular formula is C16H21BrN4O6S. The van der Waals surface area contributed by atoms with Gasteiger partial charge in [-0.15, -0.1) is 11.3 Å². The van der Waals surface area contributed by atoms with E-state index in [0.29, 0.717) is 3.92 Å². The lowest BCUT2D eigenvalue weighted by atomic mass is 10.1. The van der Waals surface area contributed by atoms with Gasteiger partial charge in [0.1, 0.15) is 11.7 Å². The number of ether oxygens (including phenoxy) is 1. The van der Waals surface area contributed by atoms with Gasteiger partial charge in [-0.05, 0) is 29.3 Å². The van der Waals surface area contributed by atoms with Gasteiger partial charge < -0.3 is 25.0 Å². The van der Waals surface area contributed by atoms with Crippen LogP contribution in [0.4, 0.5) is 4.79 Å². The predicted octanol–water partition coefficient (Wildman–Crippen LogP) is 1.17. The van der Waals surface area contributed by atoms with Crippen molar-refractivity contribution in [2.75, 3.05) is 32.8 Å². The first kappa shape index (κ1) is 22.1. The van der Waals surface area contributed by atoms with Gasteiger partial charge in [-0.1, -0.05) is 0 Å². The second-order valence-electron chi connectivity index (χ2n) is 5.95. The molecule has 0 unspecified atom stereocenters. The molecule has 154 valence electrons. The van der Waals surface area contributed by atoms with Gasteiger partial charge in [-0.2, -0.15) is 0 Å². The second-order valence-corrected chi connectivity index (χ2v) is 8.08. The zero-order valence-electron chi connectivity index (χ0n) is 15.2. The molecule has 1 saturated heterocycles. The highest BCUT2D eigenvalue weighted by Gasteiger charge is 2.30. The number of aromatic nitrogens is 1. The number of hydrogen-bond donors (Lipinski definition) is 2. The highest BCUT2D eigenvalue weighted by molar-refractivity contribution is 9.11. The number of nitrogens with one attached hydrogen (secondary N) is 1. The highest BCUT2D eigenvalue weighted by Crippen LogP contribution is 2.16. The SMILES string of the molecule is CCOC(=O)CC[C@H](NC(=O)c1csc(Br)n1)C(=O)N1CCN(C(=O)O)CC1. The Balaban J connectivity index is 2.04. The van der Waals surface area contributed by atoms with Crippen molar-refractivity contribution in [3.05, 3.63) is 15.0 Å². The zero-order valence-corrected chi connectivity index (χ0v) is 17.6. The molecule has 1 aromatic heterocycles. The largest absolute Gasteiger partial charge is 0.466 e. The summed E-state index contributed by atoms with van der Waals surface area (Å²) in [6, 6.07) is -0.936. The first-order valence-corrected chi connectivity index (χ1v) is 10.3. The molecule has 0 bridgehead atoms. The Bertz CT molecular complexity index is 734. The van der Waals surface area contributed by atoms with E-state index in [4.69, 9.17) is 9.84 Å². The number of amides is 3. The number of carboxylic acid groups (broad SMARTS) is 1. The number of esters is 1. The lowest BCUT2D eigenvalue weighted by Gasteiger charge is -2.35. The van der Waals surface area contributed by atoms with E-state index in [1.54, 1.807) is 12.3 Å². The summed E-state index contributed by atoms with van der Waals surface area (Å²) in [4.78, 5) is 54.7. The number of carbonyl (C=O) groups excluding carboxylic acids is 3. The molecular weight excluding hydrogens is 456 g/mol. The maximum Gasteiger partial charge on any atom is 0.407 e. The number of nitrogens with zero attached hydrogens (tertiary/aromatic N) is 3. The van der Waals surface area contributed by atoms with Gasteiger partial charge in [0.15, 0.2) is 3.92 Å². The monoisotopic (exact) mass is 476 g/mol. The quantitative estimate of drug-likeness (QED) is 0.564. The van der Waals surface area contributed by atoms with E-state index < -0.39 is 24.0 Å². The Morgan fingerprint density at radius 2 is 1.93 bits per heavy atom. The molecule has 2 N–H and O–H groups in total. The smallest absolute Gasteiger partial charge is 0.407 e. The zero-order chi connectivity index (χ0) is 20.7. The summed E-state index contributed by atoms with van der Waals surface area (Å²) in [6.07, 6.45) is -0.984. The summed E-state index contributed by atoms with van der Waals surface area (Å²) in [7, 11) is 0. The number of thiazole rings is 1. The summed E-state index contributed by atoms with van der Waals surface area (Å²) in [6.45, 7) is 2.74. The summed E-state index contributed by atoms with van der Waals surface area (Å²) in [5, 5.41) is 13.2. The van der Waals surface area contributed by atoms with Crippen LogP contribution in [0.3, 0.4) is 0 Å². The van der Waals surface area contributed by atoms with Crippen molar-refractivity contribution < 1.29 is 29.0 Å². The Morgan fingerprint density at radius 3 is 2.46 bits per heavy atom. The van der Waals surface area contributed by atoms with E-state index in [-0.39, 0.29) is 57.2 Å². The van der Waals surface area contributed by atoms with Crippen LogP contribution in [-0.2, 0) is 14.3 Å². The molecule has 1 aromatic rings. The van der Waals surface area contributed by atoms with Crippen LogP contribution in [-0.4, -0.2) is 82.6 Å². The van der Waals surface area contributed by atoms with E-state index >= 15 is 0 Å². The average Bonchev–Trinajstić information content (AvgIpc) is 3.11. The van der Waals surface area contributed by atoms with Gasteiger partial charge in [0.05, 0.1) is 6.61 Å². The number of piperazine rings is 1. The molecule has 10 nitrogen and oxygen atoms in total. The molecule has 28 heavy (non-hydrogen) atoms. The molecule has 0 aliphatic carbocycles. The van der Waals surface area contributed by atoms with E-state index in [0.717, 1.165) is 0 Å². The third kappa shape index (κ3) is 6.16. The van der Waals surface area contributed by atoms with Gasteiger partial charge in [0.25, 0.3) is 5.91 Å². The highest BCUT2D eigenvalue weighted by atomic mass is 79.9. The van der Waals surface area contributed by atoms with Crippen molar-refractivity contribution in [3.8, 4) is 0 Å². The van der Waals surface area contributed by atoms with Crippen molar-refractivity contribution in [3.63, 3.8) is 0 Å². The summed E-state index contributed by atoms with van der Waals surface area (Å²) in [5.74, 6) is -1.34. The summed E-state index contributed by atoms with van der Waals surface area (Å²) < 4.78 is 5.42. The Hall–Kier alpha value is -2.21. The van der Waals surface area contributed by atoms with Crippen molar-refractivity contribution in [1.29, 1.82) is 0 Å². The number of hydrogen-bond acceptors (Lipinski definition) is 7. The molecule has 0 saturated carbocycles. The minimum atomic E-state index is -1.03. The van der Waals surface area contributed by atoms with Gasteiger partial charge in [0, 0.05) is 38.0 Å². The van der Waals surface area contributed by atoms with Crippen LogP contribution in [0.5, 0.6) is 0 Å². The van der Waals surface area contributed by atoms with E-state index in [1.807, 2.05) is 0 Å². The predicted molar refractivity (Wildman–Crippen MR) is 103 cm³/mol. The fourth-order valence-corrected chi connectivity index (χ4v) is 3.67. The fraction of sp³-hybridized carbons (Fsp3) is 0.562.